The number of benzene rings is 3. The first-order chi connectivity index (χ1) is 18.3. The molecule has 1 aliphatic heterocycles. The molecule has 0 aliphatic carbocycles. The summed E-state index contributed by atoms with van der Waals surface area (Å²) in [5, 5.41) is 17.9. The molecule has 5 rings (SSSR count). The Balaban J connectivity index is 1.23. The fourth-order valence-electron chi connectivity index (χ4n) is 4.80. The lowest BCUT2D eigenvalue weighted by molar-refractivity contribution is 0.0121. The van der Waals surface area contributed by atoms with Gasteiger partial charge in [0.1, 0.15) is 29.9 Å². The number of rotatable bonds is 8. The van der Waals surface area contributed by atoms with E-state index in [1.54, 1.807) is 11.8 Å². The summed E-state index contributed by atoms with van der Waals surface area (Å²) in [5.41, 5.74) is -0.471. The Kier molecular flexibility index (Phi) is 8.28. The van der Waals surface area contributed by atoms with Crippen LogP contribution in [-0.2, 0) is 16.9 Å². The van der Waals surface area contributed by atoms with E-state index < -0.39 is 22.5 Å². The molecule has 1 aliphatic rings. The zero-order chi connectivity index (χ0) is 26.7. The first kappa shape index (κ1) is 27.0. The second-order valence-corrected chi connectivity index (χ2v) is 12.2. The van der Waals surface area contributed by atoms with E-state index in [0.29, 0.717) is 6.61 Å². The topological polar surface area (TPSA) is 60.2 Å². The zero-order valence-corrected chi connectivity index (χ0v) is 23.2. The first-order valence-corrected chi connectivity index (χ1v) is 14.2. The van der Waals surface area contributed by atoms with Crippen molar-refractivity contribution in [2.24, 2.45) is 0 Å². The third-order valence-corrected chi connectivity index (χ3v) is 8.98. The van der Waals surface area contributed by atoms with Gasteiger partial charge in [-0.1, -0.05) is 59.3 Å². The molecule has 9 heteroatoms. The highest BCUT2D eigenvalue weighted by Crippen LogP contribution is 2.40. The summed E-state index contributed by atoms with van der Waals surface area (Å²) in [4.78, 5) is 3.93. The Morgan fingerprint density at radius 1 is 1.16 bits per heavy atom. The van der Waals surface area contributed by atoms with Crippen molar-refractivity contribution in [1.82, 2.24) is 14.8 Å². The van der Waals surface area contributed by atoms with E-state index in [-0.39, 0.29) is 23.5 Å². The maximum atomic E-state index is 14.8. The van der Waals surface area contributed by atoms with Gasteiger partial charge in [-0.05, 0) is 53.4 Å². The lowest BCUT2D eigenvalue weighted by Crippen LogP contribution is -2.43. The van der Waals surface area contributed by atoms with E-state index in [1.807, 2.05) is 13.0 Å². The lowest BCUT2D eigenvalue weighted by atomic mass is 9.90. The van der Waals surface area contributed by atoms with Gasteiger partial charge in [0, 0.05) is 26.6 Å². The van der Waals surface area contributed by atoms with Crippen LogP contribution in [0.15, 0.2) is 77.8 Å². The average molecular weight is 601 g/mol. The second-order valence-electron chi connectivity index (χ2n) is 9.60. The van der Waals surface area contributed by atoms with Crippen molar-refractivity contribution in [1.29, 1.82) is 0 Å². The van der Waals surface area contributed by atoms with Crippen LogP contribution < -0.4 is 0 Å². The molecule has 3 aromatic carbocycles. The predicted octanol–water partition coefficient (Wildman–Crippen LogP) is 6.74. The molecule has 1 aromatic heterocycles. The molecule has 0 bridgehead atoms. The van der Waals surface area contributed by atoms with Gasteiger partial charge in [-0.2, -0.15) is 5.10 Å². The smallest absolute Gasteiger partial charge is 0.137 e. The van der Waals surface area contributed by atoms with Crippen LogP contribution >= 0.6 is 27.7 Å². The number of aliphatic hydroxyl groups is 1. The summed E-state index contributed by atoms with van der Waals surface area (Å²) in [6.07, 6.45) is 8.76. The van der Waals surface area contributed by atoms with Crippen molar-refractivity contribution in [3.8, 4) is 0 Å². The summed E-state index contributed by atoms with van der Waals surface area (Å²) in [6.45, 7) is 2.36. The van der Waals surface area contributed by atoms with Crippen molar-refractivity contribution in [3.63, 3.8) is 0 Å². The molecule has 0 radical (unpaired) electrons. The van der Waals surface area contributed by atoms with Crippen LogP contribution in [0.25, 0.3) is 16.8 Å². The normalized spacial score (nSPS) is 20.6. The molecule has 1 N–H and O–H groups in total. The minimum Gasteiger partial charge on any atom is -0.382 e. The molecule has 1 saturated heterocycles. The van der Waals surface area contributed by atoms with E-state index >= 15 is 0 Å². The predicted molar refractivity (Wildman–Crippen MR) is 151 cm³/mol. The minimum absolute atomic E-state index is 0.00588. The maximum absolute atomic E-state index is 14.8. The molecule has 0 saturated carbocycles. The summed E-state index contributed by atoms with van der Waals surface area (Å²) in [5.74, 6) is -1.47. The summed E-state index contributed by atoms with van der Waals surface area (Å²) in [6, 6.07) is 15.9. The average Bonchev–Trinajstić information content (AvgIpc) is 3.41. The fourth-order valence-corrected chi connectivity index (χ4v) is 6.61. The van der Waals surface area contributed by atoms with Gasteiger partial charge >= 0.3 is 0 Å². The molecule has 0 spiro atoms. The quantitative estimate of drug-likeness (QED) is 0.243. The molecule has 2 heterocycles. The highest BCUT2D eigenvalue weighted by Gasteiger charge is 2.41. The molecular weight excluding hydrogens is 572 g/mol. The van der Waals surface area contributed by atoms with Gasteiger partial charge in [0.05, 0.1) is 19.3 Å². The lowest BCUT2D eigenvalue weighted by Gasteiger charge is -2.37. The van der Waals surface area contributed by atoms with Gasteiger partial charge in [0.2, 0.25) is 0 Å². The SMILES string of the molecule is CC(SC1CCC(C=Cc2ccc3cc(Br)ccc3c2)OC1)C(O)(Cn1cncn1)c1ccc(F)cc1F. The van der Waals surface area contributed by atoms with Gasteiger partial charge in [0.25, 0.3) is 0 Å². The summed E-state index contributed by atoms with van der Waals surface area (Å²) in [7, 11) is 0. The minimum atomic E-state index is -1.63. The molecule has 4 aromatic rings. The largest absolute Gasteiger partial charge is 0.382 e. The number of ether oxygens (including phenoxy) is 1. The number of hydrogen-bond donors (Lipinski definition) is 1. The van der Waals surface area contributed by atoms with E-state index in [0.717, 1.165) is 35.0 Å². The maximum Gasteiger partial charge on any atom is 0.137 e. The number of nitrogens with zero attached hydrogens (tertiary/aromatic N) is 3. The van der Waals surface area contributed by atoms with Crippen LogP contribution in [-0.4, -0.2) is 43.1 Å². The fraction of sp³-hybridized carbons (Fsp3) is 0.310. The highest BCUT2D eigenvalue weighted by atomic mass is 79.9. The van der Waals surface area contributed by atoms with E-state index in [1.165, 1.54) is 34.2 Å². The number of halogens is 3. The van der Waals surface area contributed by atoms with Crippen LogP contribution in [0.5, 0.6) is 0 Å². The molecule has 0 amide bonds. The highest BCUT2D eigenvalue weighted by molar-refractivity contribution is 9.10. The number of thioether (sulfide) groups is 1. The molecule has 4 atom stereocenters. The van der Waals surface area contributed by atoms with Crippen molar-refractivity contribution < 1.29 is 18.6 Å². The van der Waals surface area contributed by atoms with Gasteiger partial charge in [0.15, 0.2) is 0 Å². The van der Waals surface area contributed by atoms with Gasteiger partial charge in [-0.3, -0.25) is 0 Å². The van der Waals surface area contributed by atoms with Gasteiger partial charge in [-0.25, -0.2) is 18.4 Å². The molecule has 38 heavy (non-hydrogen) atoms. The Labute approximate surface area is 233 Å². The number of hydrogen-bond acceptors (Lipinski definition) is 5. The van der Waals surface area contributed by atoms with Crippen LogP contribution in [0.3, 0.4) is 0 Å². The molecule has 198 valence electrons. The Morgan fingerprint density at radius 3 is 2.71 bits per heavy atom. The van der Waals surface area contributed by atoms with Crippen molar-refractivity contribution in [2.75, 3.05) is 6.61 Å². The van der Waals surface area contributed by atoms with Crippen LogP contribution in [0.2, 0.25) is 0 Å². The summed E-state index contributed by atoms with van der Waals surface area (Å²) >= 11 is 5.06. The van der Waals surface area contributed by atoms with Crippen LogP contribution in [0.1, 0.15) is 30.9 Å². The van der Waals surface area contributed by atoms with Crippen molar-refractivity contribution in [3.05, 3.63) is 101 Å². The standard InChI is InChI=1S/C29H28BrF2N3O2S/c1-19(29(36,16-35-18-33-17-34-35)27-11-7-24(31)14-28(27)32)38-26-10-9-25(37-15-26)8-3-20-2-4-22-13-23(30)6-5-21(22)12-20/h2-8,11-14,17-19,25-26,36H,9-10,15-16H2,1H3. The number of fused-ring (bicyclic) bond motifs is 1. The molecule has 5 nitrogen and oxygen atoms in total. The van der Waals surface area contributed by atoms with Gasteiger partial charge < -0.3 is 9.84 Å². The van der Waals surface area contributed by atoms with Crippen LogP contribution in [0, 0.1) is 11.6 Å². The Morgan fingerprint density at radius 2 is 1.97 bits per heavy atom. The monoisotopic (exact) mass is 599 g/mol. The van der Waals surface area contributed by atoms with Crippen molar-refractivity contribution >= 4 is 44.5 Å². The summed E-state index contributed by atoms with van der Waals surface area (Å²) < 4.78 is 37.1. The zero-order valence-electron chi connectivity index (χ0n) is 20.8. The molecular formula is C29H28BrF2N3O2S. The van der Waals surface area contributed by atoms with Gasteiger partial charge in [-0.15, -0.1) is 11.8 Å². The third kappa shape index (κ3) is 6.17. The first-order valence-electron chi connectivity index (χ1n) is 12.4. The molecule has 4 unspecified atom stereocenters. The third-order valence-electron chi connectivity index (χ3n) is 6.94. The second kappa shape index (κ2) is 11.7. The number of aromatic nitrogens is 3. The Hall–Kier alpha value is -2.59. The van der Waals surface area contributed by atoms with E-state index in [2.05, 4.69) is 68.5 Å². The van der Waals surface area contributed by atoms with Crippen LogP contribution in [0.4, 0.5) is 8.78 Å². The van der Waals surface area contributed by atoms with Crippen molar-refractivity contribution in [2.45, 2.75) is 48.5 Å². The van der Waals surface area contributed by atoms with E-state index in [9.17, 15) is 13.9 Å². The Bertz CT molecular complexity index is 1430. The molecule has 1 fully saturated rings. The van der Waals surface area contributed by atoms with E-state index in [4.69, 9.17) is 4.74 Å².